The van der Waals surface area contributed by atoms with E-state index < -0.39 is 0 Å². The molecule has 0 N–H and O–H groups in total. The summed E-state index contributed by atoms with van der Waals surface area (Å²) in [4.78, 5) is 11.9. The van der Waals surface area contributed by atoms with Crippen molar-refractivity contribution in [3.8, 4) is 5.75 Å². The third kappa shape index (κ3) is 3.72. The highest BCUT2D eigenvalue weighted by atomic mass is 79.9. The van der Waals surface area contributed by atoms with Crippen molar-refractivity contribution >= 4 is 44.9 Å². The van der Waals surface area contributed by atoms with Crippen molar-refractivity contribution in [2.24, 2.45) is 0 Å². The minimum atomic E-state index is -0.127. The summed E-state index contributed by atoms with van der Waals surface area (Å²) in [5.41, 5.74) is 0.576. The number of benzene rings is 2. The molecule has 5 heteroatoms. The van der Waals surface area contributed by atoms with Crippen molar-refractivity contribution in [3.63, 3.8) is 0 Å². The van der Waals surface area contributed by atoms with Gasteiger partial charge in [0, 0.05) is 10.0 Å². The van der Waals surface area contributed by atoms with E-state index in [1.54, 1.807) is 36.4 Å². The molecule has 0 atom stereocenters. The largest absolute Gasteiger partial charge is 0.484 e. The SMILES string of the molecule is O=C(COc1cccc(Cl)c1Cl)c1cccc(Br)c1. The van der Waals surface area contributed by atoms with Gasteiger partial charge in [-0.2, -0.15) is 0 Å². The van der Waals surface area contributed by atoms with E-state index in [-0.39, 0.29) is 12.4 Å². The van der Waals surface area contributed by atoms with Gasteiger partial charge in [0.25, 0.3) is 0 Å². The molecule has 0 amide bonds. The Morgan fingerprint density at radius 1 is 1.16 bits per heavy atom. The summed E-state index contributed by atoms with van der Waals surface area (Å²) >= 11 is 15.2. The molecule has 0 bridgehead atoms. The Kier molecular flexibility index (Phi) is 4.86. The molecule has 0 aliphatic carbocycles. The van der Waals surface area contributed by atoms with Gasteiger partial charge in [-0.05, 0) is 24.3 Å². The number of carbonyl (C=O) groups excluding carboxylic acids is 1. The predicted molar refractivity (Wildman–Crippen MR) is 80.4 cm³/mol. The van der Waals surface area contributed by atoms with Crippen LogP contribution in [0.2, 0.25) is 10.0 Å². The Balaban J connectivity index is 2.07. The lowest BCUT2D eigenvalue weighted by atomic mass is 10.1. The smallest absolute Gasteiger partial charge is 0.200 e. The summed E-state index contributed by atoms with van der Waals surface area (Å²) in [5.74, 6) is 0.273. The van der Waals surface area contributed by atoms with Crippen LogP contribution in [-0.2, 0) is 0 Å². The zero-order chi connectivity index (χ0) is 13.8. The molecule has 0 saturated heterocycles. The summed E-state index contributed by atoms with van der Waals surface area (Å²) in [6.45, 7) is -0.0868. The molecule has 2 rings (SSSR count). The monoisotopic (exact) mass is 358 g/mol. The molecule has 0 heterocycles. The topological polar surface area (TPSA) is 26.3 Å². The van der Waals surface area contributed by atoms with Gasteiger partial charge in [0.15, 0.2) is 12.4 Å². The number of halogens is 3. The molecule has 0 radical (unpaired) electrons. The van der Waals surface area contributed by atoms with E-state index in [0.717, 1.165) is 4.47 Å². The molecule has 0 fully saturated rings. The molecule has 0 aliphatic rings. The van der Waals surface area contributed by atoms with Crippen molar-refractivity contribution in [2.75, 3.05) is 6.61 Å². The first-order valence-corrected chi connectivity index (χ1v) is 6.98. The second kappa shape index (κ2) is 6.42. The highest BCUT2D eigenvalue weighted by Gasteiger charge is 2.10. The quantitative estimate of drug-likeness (QED) is 0.716. The van der Waals surface area contributed by atoms with E-state index in [1.165, 1.54) is 0 Å². The molecule has 2 aromatic carbocycles. The van der Waals surface area contributed by atoms with E-state index in [1.807, 2.05) is 6.07 Å². The summed E-state index contributed by atoms with van der Waals surface area (Å²) in [6, 6.07) is 12.2. The van der Waals surface area contributed by atoms with Gasteiger partial charge in [-0.15, -0.1) is 0 Å². The summed E-state index contributed by atoms with van der Waals surface area (Å²) in [5, 5.41) is 0.709. The summed E-state index contributed by atoms with van der Waals surface area (Å²) < 4.78 is 6.24. The van der Waals surface area contributed by atoms with Gasteiger partial charge in [-0.1, -0.05) is 57.3 Å². The fraction of sp³-hybridized carbons (Fsp3) is 0.0714. The number of ketones is 1. The van der Waals surface area contributed by atoms with Gasteiger partial charge in [-0.25, -0.2) is 0 Å². The third-order valence-electron chi connectivity index (χ3n) is 2.42. The zero-order valence-corrected chi connectivity index (χ0v) is 12.8. The van der Waals surface area contributed by atoms with Crippen LogP contribution in [-0.4, -0.2) is 12.4 Å². The maximum atomic E-state index is 11.9. The van der Waals surface area contributed by atoms with Crippen molar-refractivity contribution in [1.82, 2.24) is 0 Å². The molecule has 0 aliphatic heterocycles. The number of hydrogen-bond donors (Lipinski definition) is 0. The minimum absolute atomic E-state index is 0.0868. The Morgan fingerprint density at radius 3 is 2.63 bits per heavy atom. The highest BCUT2D eigenvalue weighted by Crippen LogP contribution is 2.31. The van der Waals surface area contributed by atoms with Crippen LogP contribution in [0.5, 0.6) is 5.75 Å². The molecule has 2 aromatic rings. The molecule has 0 spiro atoms. The lowest BCUT2D eigenvalue weighted by Crippen LogP contribution is -2.11. The second-order valence-corrected chi connectivity index (χ2v) is 5.47. The number of ether oxygens (including phenoxy) is 1. The Bertz CT molecular complexity index is 614. The van der Waals surface area contributed by atoms with Gasteiger partial charge in [0.2, 0.25) is 0 Å². The number of hydrogen-bond acceptors (Lipinski definition) is 2. The minimum Gasteiger partial charge on any atom is -0.484 e. The van der Waals surface area contributed by atoms with Crippen LogP contribution in [0.4, 0.5) is 0 Å². The fourth-order valence-electron chi connectivity index (χ4n) is 1.48. The maximum Gasteiger partial charge on any atom is 0.200 e. The highest BCUT2D eigenvalue weighted by molar-refractivity contribution is 9.10. The average molecular weight is 360 g/mol. The standard InChI is InChI=1S/C14H9BrCl2O2/c15-10-4-1-3-9(7-10)12(18)8-19-13-6-2-5-11(16)14(13)17/h1-7H,8H2. The fourth-order valence-corrected chi connectivity index (χ4v) is 2.23. The van der Waals surface area contributed by atoms with Crippen LogP contribution < -0.4 is 4.74 Å². The molecular weight excluding hydrogens is 351 g/mol. The van der Waals surface area contributed by atoms with Crippen molar-refractivity contribution < 1.29 is 9.53 Å². The molecule has 0 saturated carbocycles. The van der Waals surface area contributed by atoms with Gasteiger partial charge in [-0.3, -0.25) is 4.79 Å². The average Bonchev–Trinajstić information content (AvgIpc) is 2.40. The number of rotatable bonds is 4. The van der Waals surface area contributed by atoms with Crippen LogP contribution in [0, 0.1) is 0 Å². The normalized spacial score (nSPS) is 10.3. The van der Waals surface area contributed by atoms with Gasteiger partial charge in [0.1, 0.15) is 10.8 Å². The molecule has 98 valence electrons. The van der Waals surface area contributed by atoms with Crippen LogP contribution in [0.15, 0.2) is 46.9 Å². The zero-order valence-electron chi connectivity index (χ0n) is 9.70. The summed E-state index contributed by atoms with van der Waals surface area (Å²) in [7, 11) is 0. The lowest BCUT2D eigenvalue weighted by molar-refractivity contribution is 0.0921. The van der Waals surface area contributed by atoms with E-state index in [2.05, 4.69) is 15.9 Å². The molecule has 0 aromatic heterocycles. The number of carbonyl (C=O) groups is 1. The van der Waals surface area contributed by atoms with Gasteiger partial charge < -0.3 is 4.74 Å². The van der Waals surface area contributed by atoms with Crippen molar-refractivity contribution in [2.45, 2.75) is 0 Å². The van der Waals surface area contributed by atoms with E-state index in [4.69, 9.17) is 27.9 Å². The van der Waals surface area contributed by atoms with Gasteiger partial charge in [0.05, 0.1) is 5.02 Å². The first kappa shape index (κ1) is 14.4. The Labute approximate surface area is 129 Å². The first-order chi connectivity index (χ1) is 9.08. The van der Waals surface area contributed by atoms with Crippen LogP contribution >= 0.6 is 39.1 Å². The second-order valence-electron chi connectivity index (χ2n) is 3.77. The van der Waals surface area contributed by atoms with Crippen LogP contribution in [0.1, 0.15) is 10.4 Å². The van der Waals surface area contributed by atoms with E-state index >= 15 is 0 Å². The molecule has 19 heavy (non-hydrogen) atoms. The lowest BCUT2D eigenvalue weighted by Gasteiger charge is -2.08. The Hall–Kier alpha value is -1.03. The van der Waals surface area contributed by atoms with Crippen LogP contribution in [0.25, 0.3) is 0 Å². The van der Waals surface area contributed by atoms with Crippen molar-refractivity contribution in [1.29, 1.82) is 0 Å². The van der Waals surface area contributed by atoms with Crippen molar-refractivity contribution in [3.05, 3.63) is 62.5 Å². The number of Topliss-reactive ketones (excluding diaryl/α,β-unsaturated/α-hetero) is 1. The predicted octanol–water partition coefficient (Wildman–Crippen LogP) is 5.02. The van der Waals surface area contributed by atoms with E-state index in [9.17, 15) is 4.79 Å². The van der Waals surface area contributed by atoms with Gasteiger partial charge >= 0.3 is 0 Å². The maximum absolute atomic E-state index is 11.9. The first-order valence-electron chi connectivity index (χ1n) is 5.43. The Morgan fingerprint density at radius 2 is 1.89 bits per heavy atom. The summed E-state index contributed by atoms with van der Waals surface area (Å²) in [6.07, 6.45) is 0. The third-order valence-corrected chi connectivity index (χ3v) is 3.72. The molecular formula is C14H9BrCl2O2. The van der Waals surface area contributed by atoms with Crippen LogP contribution in [0.3, 0.4) is 0 Å². The molecule has 2 nitrogen and oxygen atoms in total. The molecule has 0 unspecified atom stereocenters. The van der Waals surface area contributed by atoms with E-state index in [0.29, 0.717) is 21.4 Å².